The predicted molar refractivity (Wildman–Crippen MR) is 59.1 cm³/mol. The van der Waals surface area contributed by atoms with Gasteiger partial charge in [0, 0.05) is 6.42 Å². The summed E-state index contributed by atoms with van der Waals surface area (Å²) in [5, 5.41) is 0. The lowest BCUT2D eigenvalue weighted by Gasteiger charge is -2.12. The van der Waals surface area contributed by atoms with Gasteiger partial charge in [0.15, 0.2) is 5.78 Å². The molecule has 17 heavy (non-hydrogen) atoms. The maximum atomic E-state index is 12.0. The molecule has 0 amide bonds. The molecular weight excluding hydrogens is 224 g/mol. The lowest BCUT2D eigenvalue weighted by atomic mass is 9.93. The zero-order chi connectivity index (χ0) is 13.1. The highest BCUT2D eigenvalue weighted by atomic mass is 16.5. The molecule has 1 saturated carbocycles. The van der Waals surface area contributed by atoms with E-state index in [1.165, 1.54) is 14.2 Å². The highest BCUT2D eigenvalue weighted by molar-refractivity contribution is 6.07. The number of carbonyl (C=O) groups excluding carboxylic acids is 3. The third-order valence-corrected chi connectivity index (χ3v) is 3.43. The number of rotatable bonds is 6. The first-order valence-corrected chi connectivity index (χ1v) is 5.71. The van der Waals surface area contributed by atoms with Crippen LogP contribution in [0.4, 0.5) is 0 Å². The van der Waals surface area contributed by atoms with Crippen molar-refractivity contribution in [3.63, 3.8) is 0 Å². The maximum Gasteiger partial charge on any atom is 0.319 e. The van der Waals surface area contributed by atoms with Crippen LogP contribution in [0.15, 0.2) is 0 Å². The van der Waals surface area contributed by atoms with Crippen molar-refractivity contribution in [2.24, 2.45) is 11.3 Å². The van der Waals surface area contributed by atoms with Crippen LogP contribution in [-0.2, 0) is 23.9 Å². The minimum atomic E-state index is -0.989. The van der Waals surface area contributed by atoms with Gasteiger partial charge in [0.2, 0.25) is 0 Å². The van der Waals surface area contributed by atoms with Crippen LogP contribution in [0, 0.1) is 11.3 Å². The maximum absolute atomic E-state index is 12.0. The molecule has 96 valence electrons. The third kappa shape index (κ3) is 2.48. The number of ketones is 1. The van der Waals surface area contributed by atoms with Gasteiger partial charge in [-0.2, -0.15) is 0 Å². The second kappa shape index (κ2) is 5.29. The van der Waals surface area contributed by atoms with Crippen LogP contribution < -0.4 is 0 Å². The lowest BCUT2D eigenvalue weighted by Crippen LogP contribution is -2.29. The number of ether oxygens (including phenoxy) is 2. The number of methoxy groups -OCH3 is 2. The molecule has 0 heterocycles. The van der Waals surface area contributed by atoms with Crippen molar-refractivity contribution in [1.82, 2.24) is 0 Å². The summed E-state index contributed by atoms with van der Waals surface area (Å²) in [6.45, 7) is 1.93. The van der Waals surface area contributed by atoms with Crippen LogP contribution in [0.3, 0.4) is 0 Å². The van der Waals surface area contributed by atoms with Gasteiger partial charge in [-0.1, -0.05) is 13.3 Å². The Bertz CT molecular complexity index is 336. The molecule has 1 aliphatic carbocycles. The number of esters is 2. The fraction of sp³-hybridized carbons (Fsp3) is 0.750. The van der Waals surface area contributed by atoms with E-state index in [9.17, 15) is 14.4 Å². The summed E-state index contributed by atoms with van der Waals surface area (Å²) in [4.78, 5) is 34.6. The lowest BCUT2D eigenvalue weighted by molar-refractivity contribution is -0.153. The minimum absolute atomic E-state index is 0.0184. The number of hydrogen-bond donors (Lipinski definition) is 0. The van der Waals surface area contributed by atoms with Gasteiger partial charge in [0.1, 0.15) is 5.41 Å². The Hall–Kier alpha value is -1.39. The number of hydrogen-bond acceptors (Lipinski definition) is 5. The van der Waals surface area contributed by atoms with Gasteiger partial charge in [-0.25, -0.2) is 0 Å². The van der Waals surface area contributed by atoms with Gasteiger partial charge in [0.05, 0.1) is 20.6 Å². The molecule has 0 aliphatic heterocycles. The zero-order valence-corrected chi connectivity index (χ0v) is 10.4. The molecule has 0 aromatic heterocycles. The summed E-state index contributed by atoms with van der Waals surface area (Å²) in [6, 6.07) is 0. The van der Waals surface area contributed by atoms with Gasteiger partial charge in [0.25, 0.3) is 0 Å². The van der Waals surface area contributed by atoms with Crippen LogP contribution in [-0.4, -0.2) is 31.9 Å². The quantitative estimate of drug-likeness (QED) is 0.515. The summed E-state index contributed by atoms with van der Waals surface area (Å²) in [5.41, 5.74) is -0.989. The Kier molecular flexibility index (Phi) is 4.26. The van der Waals surface area contributed by atoms with Crippen molar-refractivity contribution < 1.29 is 23.9 Å². The first-order chi connectivity index (χ1) is 8.02. The summed E-state index contributed by atoms with van der Waals surface area (Å²) in [6.07, 6.45) is 1.36. The highest BCUT2D eigenvalue weighted by Gasteiger charge is 2.64. The molecule has 0 N–H and O–H groups in total. The summed E-state index contributed by atoms with van der Waals surface area (Å²) >= 11 is 0. The largest absolute Gasteiger partial charge is 0.469 e. The van der Waals surface area contributed by atoms with Crippen LogP contribution in [0.1, 0.15) is 32.6 Å². The average Bonchev–Trinajstić information content (AvgIpc) is 3.10. The van der Waals surface area contributed by atoms with E-state index in [0.29, 0.717) is 6.42 Å². The van der Waals surface area contributed by atoms with Crippen LogP contribution in [0.25, 0.3) is 0 Å². The second-order valence-corrected chi connectivity index (χ2v) is 4.27. The topological polar surface area (TPSA) is 69.7 Å². The van der Waals surface area contributed by atoms with E-state index in [0.717, 1.165) is 6.42 Å². The Morgan fingerprint density at radius 2 is 1.82 bits per heavy atom. The number of carbonyl (C=O) groups is 3. The van der Waals surface area contributed by atoms with Gasteiger partial charge in [-0.3, -0.25) is 14.4 Å². The van der Waals surface area contributed by atoms with Crippen molar-refractivity contribution in [3.8, 4) is 0 Å². The molecule has 1 rings (SSSR count). The van der Waals surface area contributed by atoms with E-state index in [4.69, 9.17) is 0 Å². The van der Waals surface area contributed by atoms with E-state index in [2.05, 4.69) is 9.47 Å². The van der Waals surface area contributed by atoms with Crippen LogP contribution >= 0.6 is 0 Å². The molecule has 5 nitrogen and oxygen atoms in total. The van der Waals surface area contributed by atoms with E-state index in [-0.39, 0.29) is 24.5 Å². The fourth-order valence-electron chi connectivity index (χ4n) is 2.25. The molecule has 2 unspecified atom stereocenters. The molecule has 0 aromatic carbocycles. The molecule has 0 bridgehead atoms. The predicted octanol–water partition coefficient (Wildman–Crippen LogP) is 1.10. The monoisotopic (exact) mass is 242 g/mol. The average molecular weight is 242 g/mol. The molecule has 0 spiro atoms. The van der Waals surface area contributed by atoms with E-state index < -0.39 is 17.4 Å². The molecule has 0 aromatic rings. The fourth-order valence-corrected chi connectivity index (χ4v) is 2.25. The standard InChI is InChI=1S/C12H18O5/c1-4-8-7-12(8,11(15)17-3)9(13)5-6-10(14)16-2/h8H,4-7H2,1-3H3. The van der Waals surface area contributed by atoms with Crippen molar-refractivity contribution in [2.45, 2.75) is 32.6 Å². The Morgan fingerprint density at radius 3 is 2.24 bits per heavy atom. The molecule has 0 radical (unpaired) electrons. The van der Waals surface area contributed by atoms with Crippen LogP contribution in [0.5, 0.6) is 0 Å². The van der Waals surface area contributed by atoms with Crippen molar-refractivity contribution in [2.75, 3.05) is 14.2 Å². The normalized spacial score (nSPS) is 26.2. The molecule has 1 aliphatic rings. The van der Waals surface area contributed by atoms with Crippen molar-refractivity contribution in [1.29, 1.82) is 0 Å². The molecule has 0 saturated heterocycles. The van der Waals surface area contributed by atoms with E-state index >= 15 is 0 Å². The zero-order valence-electron chi connectivity index (χ0n) is 10.4. The Balaban J connectivity index is 2.64. The van der Waals surface area contributed by atoms with Gasteiger partial charge < -0.3 is 9.47 Å². The van der Waals surface area contributed by atoms with Crippen molar-refractivity contribution >= 4 is 17.7 Å². The van der Waals surface area contributed by atoms with Gasteiger partial charge in [-0.15, -0.1) is 0 Å². The first kappa shape index (κ1) is 13.7. The van der Waals surface area contributed by atoms with E-state index in [1.807, 2.05) is 6.92 Å². The SMILES string of the molecule is CCC1CC1(C(=O)CCC(=O)OC)C(=O)OC. The first-order valence-electron chi connectivity index (χ1n) is 5.71. The summed E-state index contributed by atoms with van der Waals surface area (Å²) in [7, 11) is 2.55. The summed E-state index contributed by atoms with van der Waals surface area (Å²) < 4.78 is 9.15. The second-order valence-electron chi connectivity index (χ2n) is 4.27. The highest BCUT2D eigenvalue weighted by Crippen LogP contribution is 2.56. The third-order valence-electron chi connectivity index (χ3n) is 3.43. The smallest absolute Gasteiger partial charge is 0.319 e. The Morgan fingerprint density at radius 1 is 1.18 bits per heavy atom. The van der Waals surface area contributed by atoms with Crippen LogP contribution in [0.2, 0.25) is 0 Å². The van der Waals surface area contributed by atoms with Gasteiger partial charge >= 0.3 is 11.9 Å². The van der Waals surface area contributed by atoms with E-state index in [1.54, 1.807) is 0 Å². The molecular formula is C12H18O5. The molecule has 1 fully saturated rings. The molecule has 5 heteroatoms. The van der Waals surface area contributed by atoms with Gasteiger partial charge in [-0.05, 0) is 12.3 Å². The number of Topliss-reactive ketones (excluding diaryl/α,β-unsaturated/α-hetero) is 1. The molecule has 2 atom stereocenters. The Labute approximate surface area is 100 Å². The minimum Gasteiger partial charge on any atom is -0.469 e. The summed E-state index contributed by atoms with van der Waals surface area (Å²) in [5.74, 6) is -1.06. The van der Waals surface area contributed by atoms with Crippen molar-refractivity contribution in [3.05, 3.63) is 0 Å².